The van der Waals surface area contributed by atoms with Crippen molar-refractivity contribution >= 4 is 78.1 Å². The number of carbonyl (C=O) groups is 6. The van der Waals surface area contributed by atoms with Crippen LogP contribution in [0.3, 0.4) is 0 Å². The van der Waals surface area contributed by atoms with Gasteiger partial charge in [0.25, 0.3) is 10.1 Å². The van der Waals surface area contributed by atoms with Gasteiger partial charge in [0.15, 0.2) is 5.71 Å². The molecule has 0 radical (unpaired) electrons. The van der Waals surface area contributed by atoms with Crippen LogP contribution >= 0.6 is 0 Å². The molecule has 19 nitrogen and oxygen atoms in total. The van der Waals surface area contributed by atoms with Crippen LogP contribution in [0.1, 0.15) is 92.9 Å². The fourth-order valence-corrected chi connectivity index (χ4v) is 8.47. The lowest BCUT2D eigenvalue weighted by Crippen LogP contribution is -2.48. The Morgan fingerprint density at radius 3 is 1.83 bits per heavy atom. The molecule has 0 spiro atoms. The summed E-state index contributed by atoms with van der Waals surface area (Å²) < 4.78 is 59.5. The highest BCUT2D eigenvalue weighted by Gasteiger charge is 2.22. The summed E-state index contributed by atoms with van der Waals surface area (Å²) in [5.74, 6) is 0.497. The summed E-state index contributed by atoms with van der Waals surface area (Å²) in [6.07, 6.45) is 9.64. The number of anilines is 1. The van der Waals surface area contributed by atoms with Gasteiger partial charge in [-0.05, 0) is 122 Å². The van der Waals surface area contributed by atoms with Gasteiger partial charge in [0.2, 0.25) is 29.5 Å². The van der Waals surface area contributed by atoms with E-state index >= 15 is 0 Å². The number of nitrogens with zero attached hydrogens (tertiary/aromatic N) is 2. The zero-order valence-corrected chi connectivity index (χ0v) is 44.1. The molecule has 72 heavy (non-hydrogen) atoms. The van der Waals surface area contributed by atoms with Crippen LogP contribution in [0, 0.1) is 13.8 Å². The molecule has 2 aromatic rings. The van der Waals surface area contributed by atoms with Crippen molar-refractivity contribution in [3.8, 4) is 5.75 Å². The Balaban J connectivity index is 1.51. The predicted octanol–water partition coefficient (Wildman–Crippen LogP) is 3.28. The molecule has 0 fully saturated rings. The zero-order chi connectivity index (χ0) is 53.4. The average molecular weight is 1040 g/mol. The van der Waals surface area contributed by atoms with E-state index < -0.39 is 49.4 Å². The van der Waals surface area contributed by atoms with Crippen LogP contribution in [0.4, 0.5) is 5.69 Å². The number of ether oxygens (including phenoxy) is 1. The minimum absolute atomic E-state index is 0.0187. The Morgan fingerprint density at radius 2 is 1.24 bits per heavy atom. The van der Waals surface area contributed by atoms with Gasteiger partial charge in [0, 0.05) is 102 Å². The molecule has 0 saturated heterocycles. The Bertz CT molecular complexity index is 2540. The Labute approximate surface area is 425 Å². The van der Waals surface area contributed by atoms with Crippen molar-refractivity contribution in [2.45, 2.75) is 90.5 Å². The molecule has 7 N–H and O–H groups in total. The number of benzene rings is 2. The van der Waals surface area contributed by atoms with E-state index in [0.717, 1.165) is 50.5 Å². The van der Waals surface area contributed by atoms with E-state index in [4.69, 9.17) is 9.29 Å². The topological polar surface area (TPSA) is 270 Å². The van der Waals surface area contributed by atoms with E-state index in [9.17, 15) is 45.9 Å². The van der Waals surface area contributed by atoms with Crippen LogP contribution in [0.5, 0.6) is 5.75 Å². The largest absolute Gasteiger partial charge is 0.493 e. The fourth-order valence-electron chi connectivity index (χ4n) is 7.51. The number of hydrogen-bond acceptors (Lipinski definition) is 11. The highest BCUT2D eigenvalue weighted by molar-refractivity contribution is 7.95. The van der Waals surface area contributed by atoms with Crippen LogP contribution in [0.25, 0.3) is 5.57 Å². The molecule has 1 aliphatic rings. The van der Waals surface area contributed by atoms with Gasteiger partial charge < -0.3 is 40.8 Å². The monoisotopic (exact) mass is 1040 g/mol. The highest BCUT2D eigenvalue weighted by atomic mass is 32.2. The first kappa shape index (κ1) is 60.1. The third-order valence-electron chi connectivity index (χ3n) is 11.3. The van der Waals surface area contributed by atoms with Crippen LogP contribution in [0.2, 0.25) is 0 Å². The van der Waals surface area contributed by atoms with Gasteiger partial charge in [-0.2, -0.15) is 8.42 Å². The maximum absolute atomic E-state index is 13.3. The molecule has 2 aromatic carbocycles. The first-order chi connectivity index (χ1) is 33.9. The van der Waals surface area contributed by atoms with Gasteiger partial charge in [0.1, 0.15) is 31.7 Å². The number of nitrogens with one attached hydrogen (secondary N) is 5. The lowest BCUT2D eigenvalue weighted by atomic mass is 9.89. The summed E-state index contributed by atoms with van der Waals surface area (Å²) in [6.45, 7) is 4.36. The molecule has 1 aliphatic carbocycles. The standard InChI is InChI=1S/C51H73N7O12S2/c1-36-34-40(49(38-15-19-41(20-16-38)57(3)4)39-17-21-42(22-18-39)58(5)6)35-37(2)50(36)70-31-10-14-45(60)53-28-29-55-51(64)44(56-48(63)26-25-47(62)54-30-33-72(67,68)69)13-8-9-27-52-46(61)24-23-43(59)12-11-32-71(7,65)66/h15-22,34-35,44H,7-14,23-33H2,1-6H3,(H6-,52,53,54,55,56,60,61,62,63,64,65,66,67,68,69)/p+1. The van der Waals surface area contributed by atoms with Gasteiger partial charge in [-0.3, -0.25) is 33.3 Å². The number of carbonyl (C=O) groups excluding carboxylic acids is 6. The van der Waals surface area contributed by atoms with Crippen LogP contribution in [0.15, 0.2) is 66.3 Å². The number of aryl methyl sites for hydroxylation is 2. The first-order valence-corrected chi connectivity index (χ1v) is 27.5. The van der Waals surface area contributed by atoms with Crippen molar-refractivity contribution in [2.24, 2.45) is 0 Å². The van der Waals surface area contributed by atoms with Gasteiger partial charge in [0.05, 0.1) is 22.2 Å². The van der Waals surface area contributed by atoms with Gasteiger partial charge in [-0.1, -0.05) is 12.1 Å². The third kappa shape index (κ3) is 23.4. The molecule has 0 aliphatic heterocycles. The lowest BCUT2D eigenvalue weighted by Gasteiger charge is -2.19. The SMILES string of the molecule is C=S(=O)(O)CCCC(=O)CCC(=O)NCCCCC(NC(=O)CCC(=O)NCCS(=O)(=O)O)C(=O)NCCNC(=O)CCCOc1c(C)cc(C(=C2C=CC(=[N+](C)C)C=C2)c2ccc(N(C)C)cc2)cc1C. The van der Waals surface area contributed by atoms with Crippen molar-refractivity contribution in [2.75, 3.05) is 77.4 Å². The summed E-state index contributed by atoms with van der Waals surface area (Å²) in [5, 5.41) is 13.1. The second kappa shape index (κ2) is 30.0. The molecule has 3 rings (SSSR count). The highest BCUT2D eigenvalue weighted by Crippen LogP contribution is 2.35. The number of allylic oxidation sites excluding steroid dienone is 5. The summed E-state index contributed by atoms with van der Waals surface area (Å²) in [5.41, 5.74) is 8.44. The second-order valence-electron chi connectivity index (χ2n) is 18.0. The molecular formula is C51H74N7O12S2+. The van der Waals surface area contributed by atoms with Crippen molar-refractivity contribution in [3.05, 3.63) is 88.5 Å². The van der Waals surface area contributed by atoms with Gasteiger partial charge in [-0.15, -0.1) is 0 Å². The molecule has 0 aromatic heterocycles. The van der Waals surface area contributed by atoms with Crippen molar-refractivity contribution < 1.29 is 59.8 Å². The van der Waals surface area contributed by atoms with E-state index in [1.807, 2.05) is 42.0 Å². The van der Waals surface area contributed by atoms with Crippen LogP contribution in [-0.2, 0) is 48.7 Å². The Kier molecular flexibility index (Phi) is 25.1. The summed E-state index contributed by atoms with van der Waals surface area (Å²) >= 11 is 0. The lowest BCUT2D eigenvalue weighted by molar-refractivity contribution is -0.462. The van der Waals surface area contributed by atoms with E-state index in [0.29, 0.717) is 25.9 Å². The maximum atomic E-state index is 13.3. The number of ketones is 1. The summed E-state index contributed by atoms with van der Waals surface area (Å²) in [6, 6.07) is 11.7. The smallest absolute Gasteiger partial charge is 0.266 e. The minimum atomic E-state index is -4.28. The number of hydrogen-bond donors (Lipinski definition) is 7. The zero-order valence-electron chi connectivity index (χ0n) is 42.5. The van der Waals surface area contributed by atoms with Crippen LogP contribution < -0.4 is 36.2 Å². The van der Waals surface area contributed by atoms with E-state index in [1.165, 1.54) is 0 Å². The summed E-state index contributed by atoms with van der Waals surface area (Å²) in [7, 11) is 0.586. The third-order valence-corrected chi connectivity index (χ3v) is 13.0. The quantitative estimate of drug-likeness (QED) is 0.0248. The van der Waals surface area contributed by atoms with Crippen molar-refractivity contribution in [1.29, 1.82) is 0 Å². The normalized spacial score (nSPS) is 13.3. The molecule has 396 valence electrons. The van der Waals surface area contributed by atoms with Gasteiger partial charge in [-0.25, -0.2) is 8.78 Å². The molecule has 5 amide bonds. The molecular weight excluding hydrogens is 967 g/mol. The molecule has 0 heterocycles. The first-order valence-electron chi connectivity index (χ1n) is 24.0. The maximum Gasteiger partial charge on any atom is 0.266 e. The molecule has 2 unspecified atom stereocenters. The van der Waals surface area contributed by atoms with Gasteiger partial charge >= 0.3 is 0 Å². The average Bonchev–Trinajstić information content (AvgIpc) is 3.30. The van der Waals surface area contributed by atoms with E-state index in [1.54, 1.807) is 0 Å². The predicted molar refractivity (Wildman–Crippen MR) is 283 cm³/mol. The number of unbranched alkanes of at least 4 members (excludes halogenated alkanes) is 1. The number of rotatable bonds is 31. The molecule has 2 atom stereocenters. The number of amides is 5. The molecule has 0 bridgehead atoms. The Morgan fingerprint density at radius 1 is 0.667 bits per heavy atom. The molecule has 0 saturated carbocycles. The van der Waals surface area contributed by atoms with Crippen molar-refractivity contribution in [3.63, 3.8) is 0 Å². The van der Waals surface area contributed by atoms with E-state index in [2.05, 4.69) is 103 Å². The van der Waals surface area contributed by atoms with Crippen molar-refractivity contribution in [1.82, 2.24) is 26.6 Å². The summed E-state index contributed by atoms with van der Waals surface area (Å²) in [4.78, 5) is 77.3. The molecule has 21 heteroatoms. The minimum Gasteiger partial charge on any atom is -0.493 e. The Hall–Kier alpha value is -6.16. The fraction of sp³-hybridized carbons (Fsp3) is 0.490. The second-order valence-corrected chi connectivity index (χ2v) is 21.5. The van der Waals surface area contributed by atoms with Crippen LogP contribution in [-0.4, -0.2) is 152 Å². The van der Waals surface area contributed by atoms with E-state index in [-0.39, 0.29) is 101 Å². The number of Topliss-reactive ketones (excluding diaryl/α,β-unsaturated/α-hetero) is 1.